The van der Waals surface area contributed by atoms with Gasteiger partial charge < -0.3 is 14.7 Å². The molecule has 0 unspecified atom stereocenters. The van der Waals surface area contributed by atoms with E-state index < -0.39 is 0 Å². The molecule has 0 radical (unpaired) electrons. The molecule has 1 aliphatic heterocycles. The number of carbonyl (C=O) groups excluding carboxylic acids is 1. The lowest BCUT2D eigenvalue weighted by Gasteiger charge is -2.28. The van der Waals surface area contributed by atoms with Gasteiger partial charge >= 0.3 is 0 Å². The lowest BCUT2D eigenvalue weighted by atomic mass is 10.1. The summed E-state index contributed by atoms with van der Waals surface area (Å²) in [6.45, 7) is 1.01. The minimum Gasteiger partial charge on any atom is -0.504 e. The zero-order chi connectivity index (χ0) is 18.8. The molecule has 2 aromatic heterocycles. The van der Waals surface area contributed by atoms with Crippen LogP contribution in [0.3, 0.4) is 0 Å². The summed E-state index contributed by atoms with van der Waals surface area (Å²) in [6.07, 6.45) is 4.13. The van der Waals surface area contributed by atoms with E-state index in [0.717, 1.165) is 17.0 Å². The molecule has 0 spiro atoms. The van der Waals surface area contributed by atoms with E-state index in [1.54, 1.807) is 29.4 Å². The van der Waals surface area contributed by atoms with Crippen LogP contribution in [0.5, 0.6) is 11.5 Å². The third kappa shape index (κ3) is 3.31. The maximum Gasteiger partial charge on any atom is 0.254 e. The summed E-state index contributed by atoms with van der Waals surface area (Å²) in [5.41, 5.74) is 3.08. The summed E-state index contributed by atoms with van der Waals surface area (Å²) in [6, 6.07) is 10.2. The van der Waals surface area contributed by atoms with Gasteiger partial charge in [0.15, 0.2) is 17.3 Å². The number of rotatable bonds is 3. The topological polar surface area (TPSA) is 88.4 Å². The van der Waals surface area contributed by atoms with Gasteiger partial charge in [-0.2, -0.15) is 0 Å². The van der Waals surface area contributed by atoms with Crippen LogP contribution >= 0.6 is 0 Å². The molecule has 0 atom stereocenters. The summed E-state index contributed by atoms with van der Waals surface area (Å²) < 4.78 is 5.09. The number of ether oxygens (including phenoxy) is 1. The van der Waals surface area contributed by atoms with E-state index in [1.165, 1.54) is 13.2 Å². The Labute approximate surface area is 156 Å². The Morgan fingerprint density at radius 1 is 1.22 bits per heavy atom. The second-order valence-corrected chi connectivity index (χ2v) is 6.24. The van der Waals surface area contributed by atoms with Crippen LogP contribution in [-0.4, -0.2) is 44.5 Å². The fourth-order valence-corrected chi connectivity index (χ4v) is 3.10. The Bertz CT molecular complexity index is 992. The van der Waals surface area contributed by atoms with E-state index in [9.17, 15) is 9.90 Å². The van der Waals surface area contributed by atoms with Crippen molar-refractivity contribution < 1.29 is 14.6 Å². The average Bonchev–Trinajstić information content (AvgIpc) is 2.73. The zero-order valence-electron chi connectivity index (χ0n) is 14.8. The third-order valence-corrected chi connectivity index (χ3v) is 4.54. The highest BCUT2D eigenvalue weighted by Gasteiger charge is 2.24. The van der Waals surface area contributed by atoms with Crippen molar-refractivity contribution in [2.75, 3.05) is 13.7 Å². The SMILES string of the molecule is COc1cc(C(=O)N2CCc3nc(-c4ccccn4)ncc3C2)ccc1O. The molecule has 0 fully saturated rings. The highest BCUT2D eigenvalue weighted by atomic mass is 16.5. The number of hydrogen-bond acceptors (Lipinski definition) is 6. The Kier molecular flexibility index (Phi) is 4.42. The first kappa shape index (κ1) is 17.0. The van der Waals surface area contributed by atoms with Gasteiger partial charge in [0.05, 0.1) is 12.8 Å². The Morgan fingerprint density at radius 3 is 2.89 bits per heavy atom. The van der Waals surface area contributed by atoms with Gasteiger partial charge in [-0.05, 0) is 30.3 Å². The first-order chi connectivity index (χ1) is 13.2. The van der Waals surface area contributed by atoms with Gasteiger partial charge in [-0.25, -0.2) is 9.97 Å². The average molecular weight is 362 g/mol. The first-order valence-corrected chi connectivity index (χ1v) is 8.58. The molecule has 1 aliphatic rings. The van der Waals surface area contributed by atoms with Crippen LogP contribution in [0.4, 0.5) is 0 Å². The van der Waals surface area contributed by atoms with Gasteiger partial charge in [-0.1, -0.05) is 6.07 Å². The number of phenolic OH excluding ortho intramolecular Hbond substituents is 1. The van der Waals surface area contributed by atoms with Gasteiger partial charge in [0.1, 0.15) is 5.69 Å². The van der Waals surface area contributed by atoms with Crippen LogP contribution < -0.4 is 4.74 Å². The number of pyridine rings is 1. The quantitative estimate of drug-likeness (QED) is 0.770. The summed E-state index contributed by atoms with van der Waals surface area (Å²) in [5.74, 6) is 0.764. The summed E-state index contributed by atoms with van der Waals surface area (Å²) in [5, 5.41) is 9.71. The molecule has 1 aromatic carbocycles. The standard InChI is InChI=1S/C20H18N4O3/c1-27-18-10-13(5-6-17(18)25)20(26)24-9-7-15-14(12-24)11-22-19(23-15)16-4-2-3-8-21-16/h2-6,8,10-11,25H,7,9,12H2,1H3. The van der Waals surface area contributed by atoms with Crippen LogP contribution in [0.1, 0.15) is 21.6 Å². The van der Waals surface area contributed by atoms with E-state index in [4.69, 9.17) is 4.74 Å². The monoisotopic (exact) mass is 362 g/mol. The van der Waals surface area contributed by atoms with E-state index in [1.807, 2.05) is 18.2 Å². The third-order valence-electron chi connectivity index (χ3n) is 4.54. The van der Waals surface area contributed by atoms with Crippen molar-refractivity contribution in [1.29, 1.82) is 0 Å². The molecule has 0 saturated heterocycles. The van der Waals surface area contributed by atoms with E-state index in [2.05, 4.69) is 15.0 Å². The molecule has 3 aromatic rings. The van der Waals surface area contributed by atoms with Crippen molar-refractivity contribution in [1.82, 2.24) is 19.9 Å². The predicted molar refractivity (Wildman–Crippen MR) is 98.4 cm³/mol. The Morgan fingerprint density at radius 2 is 2.11 bits per heavy atom. The lowest BCUT2D eigenvalue weighted by Crippen LogP contribution is -2.36. The number of aromatic hydroxyl groups is 1. The van der Waals surface area contributed by atoms with Crippen molar-refractivity contribution >= 4 is 5.91 Å². The van der Waals surface area contributed by atoms with E-state index in [0.29, 0.717) is 30.9 Å². The minimum absolute atomic E-state index is 0.00786. The molecule has 7 heteroatoms. The fourth-order valence-electron chi connectivity index (χ4n) is 3.10. The number of nitrogens with zero attached hydrogens (tertiary/aromatic N) is 4. The van der Waals surface area contributed by atoms with E-state index >= 15 is 0 Å². The molecule has 0 saturated carbocycles. The summed E-state index contributed by atoms with van der Waals surface area (Å²) in [4.78, 5) is 27.9. The van der Waals surface area contributed by atoms with Gasteiger partial charge in [0, 0.05) is 43.0 Å². The van der Waals surface area contributed by atoms with Crippen LogP contribution in [0.2, 0.25) is 0 Å². The number of carbonyl (C=O) groups is 1. The van der Waals surface area contributed by atoms with Gasteiger partial charge in [-0.15, -0.1) is 0 Å². The molecule has 4 rings (SSSR count). The predicted octanol–water partition coefficient (Wildman–Crippen LogP) is 2.45. The highest BCUT2D eigenvalue weighted by molar-refractivity contribution is 5.95. The normalized spacial score (nSPS) is 13.1. The number of hydrogen-bond donors (Lipinski definition) is 1. The number of fused-ring (bicyclic) bond motifs is 1. The number of methoxy groups -OCH3 is 1. The first-order valence-electron chi connectivity index (χ1n) is 8.58. The molecule has 7 nitrogen and oxygen atoms in total. The van der Waals surface area contributed by atoms with Crippen LogP contribution in [-0.2, 0) is 13.0 Å². The number of amides is 1. The van der Waals surface area contributed by atoms with Gasteiger partial charge in [0.25, 0.3) is 5.91 Å². The molecular weight excluding hydrogens is 344 g/mol. The minimum atomic E-state index is -0.118. The van der Waals surface area contributed by atoms with Crippen molar-refractivity contribution in [2.45, 2.75) is 13.0 Å². The van der Waals surface area contributed by atoms with E-state index in [-0.39, 0.29) is 17.4 Å². The smallest absolute Gasteiger partial charge is 0.254 e. The molecule has 1 N–H and O–H groups in total. The van der Waals surface area contributed by atoms with Gasteiger partial charge in [-0.3, -0.25) is 9.78 Å². The van der Waals surface area contributed by atoms with Crippen molar-refractivity contribution in [2.24, 2.45) is 0 Å². The maximum atomic E-state index is 12.8. The number of phenols is 1. The van der Waals surface area contributed by atoms with Crippen molar-refractivity contribution in [3.63, 3.8) is 0 Å². The largest absolute Gasteiger partial charge is 0.504 e. The summed E-state index contributed by atoms with van der Waals surface area (Å²) >= 11 is 0. The fraction of sp³-hybridized carbons (Fsp3) is 0.200. The van der Waals surface area contributed by atoms with Gasteiger partial charge in [0.2, 0.25) is 0 Å². The lowest BCUT2D eigenvalue weighted by molar-refractivity contribution is 0.0733. The number of benzene rings is 1. The molecule has 1 amide bonds. The number of aromatic nitrogens is 3. The molecule has 3 heterocycles. The molecule has 27 heavy (non-hydrogen) atoms. The second kappa shape index (κ2) is 7.03. The Hall–Kier alpha value is -3.48. The van der Waals surface area contributed by atoms with Crippen LogP contribution in [0, 0.1) is 0 Å². The summed E-state index contributed by atoms with van der Waals surface area (Å²) in [7, 11) is 1.46. The van der Waals surface area contributed by atoms with Crippen molar-refractivity contribution in [3.8, 4) is 23.0 Å². The molecule has 136 valence electrons. The maximum absolute atomic E-state index is 12.8. The van der Waals surface area contributed by atoms with Crippen molar-refractivity contribution in [3.05, 3.63) is 65.6 Å². The van der Waals surface area contributed by atoms with Crippen LogP contribution in [0.15, 0.2) is 48.8 Å². The van der Waals surface area contributed by atoms with Crippen LogP contribution in [0.25, 0.3) is 11.5 Å². The zero-order valence-corrected chi connectivity index (χ0v) is 14.8. The molecule has 0 aliphatic carbocycles. The molecular formula is C20H18N4O3. The highest BCUT2D eigenvalue weighted by Crippen LogP contribution is 2.28. The molecule has 0 bridgehead atoms. The Balaban J connectivity index is 1.56. The second-order valence-electron chi connectivity index (χ2n) is 6.24.